The quantitative estimate of drug-likeness (QED) is 0.660. The van der Waals surface area contributed by atoms with E-state index in [0.29, 0.717) is 11.3 Å². The number of allylic oxidation sites excluding steroid dienone is 1. The number of aryl methyl sites for hydroxylation is 1. The highest BCUT2D eigenvalue weighted by Crippen LogP contribution is 2.20. The van der Waals surface area contributed by atoms with Crippen LogP contribution in [0.25, 0.3) is 6.08 Å². The maximum absolute atomic E-state index is 13.2. The number of hydrogen-bond donors (Lipinski definition) is 1. The smallest absolute Gasteiger partial charge is 0.185 e. The summed E-state index contributed by atoms with van der Waals surface area (Å²) in [5.74, 6) is 0.453. The summed E-state index contributed by atoms with van der Waals surface area (Å²) in [5.41, 5.74) is 7.86. The Morgan fingerprint density at radius 1 is 1.53 bits per heavy atom. The molecule has 0 radical (unpaired) electrons. The van der Waals surface area contributed by atoms with Crippen molar-refractivity contribution in [3.05, 3.63) is 35.2 Å². The number of carbonyl (C=O) groups is 1. The number of rotatable bonds is 4. The molecule has 0 spiro atoms. The second kappa shape index (κ2) is 6.45. The Bertz CT molecular complexity index is 443. The van der Waals surface area contributed by atoms with Gasteiger partial charge in [-0.15, -0.1) is 0 Å². The third kappa shape index (κ3) is 4.61. The van der Waals surface area contributed by atoms with E-state index >= 15 is 0 Å². The van der Waals surface area contributed by atoms with Crippen molar-refractivity contribution in [2.24, 2.45) is 0 Å². The Kier molecular flexibility index (Phi) is 5.22. The second-order valence-electron chi connectivity index (χ2n) is 3.76. The number of hydrogen-bond acceptors (Lipinski definition) is 3. The van der Waals surface area contributed by atoms with E-state index in [1.165, 1.54) is 23.9 Å². The number of nitrogen functional groups attached to an aromatic ring is 1. The number of nitrogens with two attached hydrogens (primary N) is 1. The van der Waals surface area contributed by atoms with Crippen molar-refractivity contribution in [2.75, 3.05) is 11.5 Å². The highest BCUT2D eigenvalue weighted by molar-refractivity contribution is 8.13. The average Bonchev–Trinajstić information content (AvgIpc) is 2.23. The molecule has 0 aromatic heterocycles. The lowest BCUT2D eigenvalue weighted by Gasteiger charge is -2.04. The van der Waals surface area contributed by atoms with Gasteiger partial charge in [0, 0.05) is 23.9 Å². The van der Waals surface area contributed by atoms with E-state index in [1.54, 1.807) is 19.9 Å². The Morgan fingerprint density at radius 2 is 2.24 bits per heavy atom. The second-order valence-corrected chi connectivity index (χ2v) is 5.03. The van der Waals surface area contributed by atoms with Crippen molar-refractivity contribution in [3.8, 4) is 0 Å². The third-order valence-corrected chi connectivity index (χ3v) is 3.12. The summed E-state index contributed by atoms with van der Waals surface area (Å²) in [4.78, 5) is 10.7. The van der Waals surface area contributed by atoms with Crippen molar-refractivity contribution in [2.45, 2.75) is 20.3 Å². The molecule has 1 rings (SSSR count). The summed E-state index contributed by atoms with van der Waals surface area (Å²) in [6.07, 6.45) is 4.46. The van der Waals surface area contributed by atoms with Gasteiger partial charge >= 0.3 is 0 Å². The van der Waals surface area contributed by atoms with Gasteiger partial charge in [-0.25, -0.2) is 4.39 Å². The summed E-state index contributed by atoms with van der Waals surface area (Å²) in [5, 5.41) is 0.111. The Morgan fingerprint density at radius 3 is 2.88 bits per heavy atom. The number of carbonyl (C=O) groups excluding carboxylic acids is 1. The minimum Gasteiger partial charge on any atom is -0.398 e. The van der Waals surface area contributed by atoms with Gasteiger partial charge in [-0.1, -0.05) is 23.9 Å². The van der Waals surface area contributed by atoms with Crippen LogP contribution in [0.15, 0.2) is 18.2 Å². The van der Waals surface area contributed by atoms with Gasteiger partial charge < -0.3 is 5.73 Å². The van der Waals surface area contributed by atoms with Crippen molar-refractivity contribution >= 4 is 28.6 Å². The molecule has 0 bridgehead atoms. The molecule has 0 aliphatic rings. The van der Waals surface area contributed by atoms with Crippen LogP contribution in [-0.2, 0) is 4.79 Å². The molecule has 1 aromatic carbocycles. The molecule has 1 aromatic rings. The summed E-state index contributed by atoms with van der Waals surface area (Å²) in [7, 11) is 0. The van der Waals surface area contributed by atoms with Crippen LogP contribution in [0, 0.1) is 12.7 Å². The van der Waals surface area contributed by atoms with Crippen LogP contribution >= 0.6 is 11.8 Å². The highest BCUT2D eigenvalue weighted by atomic mass is 32.2. The molecule has 0 fully saturated rings. The predicted octanol–water partition coefficient (Wildman–Crippen LogP) is 3.40. The maximum atomic E-state index is 13.2. The van der Waals surface area contributed by atoms with Gasteiger partial charge in [0.25, 0.3) is 0 Å². The van der Waals surface area contributed by atoms with Gasteiger partial charge in [-0.3, -0.25) is 4.79 Å². The van der Waals surface area contributed by atoms with Crippen LogP contribution in [0.5, 0.6) is 0 Å². The molecule has 92 valence electrons. The van der Waals surface area contributed by atoms with Crippen LogP contribution in [-0.4, -0.2) is 10.9 Å². The molecule has 2 nitrogen and oxygen atoms in total. The SMILES string of the molecule is CC(=O)SCCC=Cc1cc(F)cc(C)c1N. The van der Waals surface area contributed by atoms with E-state index < -0.39 is 0 Å². The van der Waals surface area contributed by atoms with E-state index in [4.69, 9.17) is 5.73 Å². The number of benzene rings is 1. The summed E-state index contributed by atoms with van der Waals surface area (Å²) in [6, 6.07) is 2.83. The predicted molar refractivity (Wildman–Crippen MR) is 72.3 cm³/mol. The summed E-state index contributed by atoms with van der Waals surface area (Å²) >= 11 is 1.28. The van der Waals surface area contributed by atoms with Gasteiger partial charge in [-0.05, 0) is 31.0 Å². The highest BCUT2D eigenvalue weighted by Gasteiger charge is 2.02. The zero-order valence-corrected chi connectivity index (χ0v) is 10.8. The van der Waals surface area contributed by atoms with E-state index in [1.807, 2.05) is 6.08 Å². The first-order chi connectivity index (χ1) is 8.00. The van der Waals surface area contributed by atoms with Crippen LogP contribution in [0.1, 0.15) is 24.5 Å². The molecule has 0 aliphatic carbocycles. The Balaban J connectivity index is 2.62. The zero-order valence-electron chi connectivity index (χ0n) is 10.00. The van der Waals surface area contributed by atoms with Crippen molar-refractivity contribution < 1.29 is 9.18 Å². The molecular formula is C13H16FNOS. The van der Waals surface area contributed by atoms with E-state index in [2.05, 4.69) is 0 Å². The molecule has 0 unspecified atom stereocenters. The monoisotopic (exact) mass is 253 g/mol. The third-order valence-electron chi connectivity index (χ3n) is 2.27. The average molecular weight is 253 g/mol. The lowest BCUT2D eigenvalue weighted by molar-refractivity contribution is -0.109. The fourth-order valence-corrected chi connectivity index (χ4v) is 1.94. The molecule has 0 amide bonds. The standard InChI is InChI=1S/C13H16FNOS/c1-9-7-12(14)8-11(13(9)15)5-3-4-6-17-10(2)16/h3,5,7-8H,4,6,15H2,1-2H3. The molecule has 4 heteroatoms. The van der Waals surface area contributed by atoms with Crippen LogP contribution < -0.4 is 5.73 Å². The first-order valence-corrected chi connectivity index (χ1v) is 6.35. The minimum atomic E-state index is -0.283. The van der Waals surface area contributed by atoms with Crippen LogP contribution in [0.4, 0.5) is 10.1 Å². The topological polar surface area (TPSA) is 43.1 Å². The van der Waals surface area contributed by atoms with Gasteiger partial charge in [0.15, 0.2) is 5.12 Å². The molecule has 0 aliphatic heterocycles. The number of thioether (sulfide) groups is 1. The fourth-order valence-electron chi connectivity index (χ4n) is 1.40. The normalized spacial score (nSPS) is 11.0. The van der Waals surface area contributed by atoms with E-state index in [0.717, 1.165) is 17.7 Å². The van der Waals surface area contributed by atoms with Crippen molar-refractivity contribution in [1.29, 1.82) is 0 Å². The molecular weight excluding hydrogens is 237 g/mol. The van der Waals surface area contributed by atoms with Crippen molar-refractivity contribution in [1.82, 2.24) is 0 Å². The Labute approximate surface area is 105 Å². The lowest BCUT2D eigenvalue weighted by Crippen LogP contribution is -1.94. The van der Waals surface area contributed by atoms with Crippen molar-refractivity contribution in [3.63, 3.8) is 0 Å². The van der Waals surface area contributed by atoms with E-state index in [-0.39, 0.29) is 10.9 Å². The number of halogens is 1. The first kappa shape index (κ1) is 13.8. The molecule has 0 heterocycles. The van der Waals surface area contributed by atoms with Gasteiger partial charge in [0.05, 0.1) is 0 Å². The summed E-state index contributed by atoms with van der Waals surface area (Å²) in [6.45, 7) is 3.32. The van der Waals surface area contributed by atoms with E-state index in [9.17, 15) is 9.18 Å². The largest absolute Gasteiger partial charge is 0.398 e. The van der Waals surface area contributed by atoms with Gasteiger partial charge in [0.2, 0.25) is 0 Å². The van der Waals surface area contributed by atoms with Gasteiger partial charge in [0.1, 0.15) is 5.82 Å². The summed E-state index contributed by atoms with van der Waals surface area (Å²) < 4.78 is 13.2. The Hall–Kier alpha value is -1.29. The minimum absolute atomic E-state index is 0.111. The molecule has 0 atom stereocenters. The van der Waals surface area contributed by atoms with Crippen LogP contribution in [0.3, 0.4) is 0 Å². The molecule has 0 saturated heterocycles. The van der Waals surface area contributed by atoms with Gasteiger partial charge in [-0.2, -0.15) is 0 Å². The molecule has 0 saturated carbocycles. The fraction of sp³-hybridized carbons (Fsp3) is 0.308. The van der Waals surface area contributed by atoms with Crippen LogP contribution in [0.2, 0.25) is 0 Å². The molecule has 2 N–H and O–H groups in total. The maximum Gasteiger partial charge on any atom is 0.185 e. The zero-order chi connectivity index (χ0) is 12.8. The first-order valence-electron chi connectivity index (χ1n) is 5.36. The lowest BCUT2D eigenvalue weighted by atomic mass is 10.1. The molecule has 17 heavy (non-hydrogen) atoms. The number of anilines is 1.